The molecule has 2 atom stereocenters. The molecule has 0 aliphatic carbocycles. The fourth-order valence-electron chi connectivity index (χ4n) is 6.39. The highest BCUT2D eigenvalue weighted by molar-refractivity contribution is 5.87. The molecule has 10 nitrogen and oxygen atoms in total. The number of likely N-dealkylation sites (N-methyl/N-ethyl adjacent to an activating group) is 1. The third kappa shape index (κ3) is 6.02. The van der Waals surface area contributed by atoms with E-state index < -0.39 is 0 Å². The first-order valence-electron chi connectivity index (χ1n) is 14.6. The van der Waals surface area contributed by atoms with E-state index in [2.05, 4.69) is 41.3 Å². The van der Waals surface area contributed by atoms with E-state index in [0.29, 0.717) is 63.7 Å². The molecular formula is C31H41N7O3. The molecule has 4 heterocycles. The second-order valence-electron chi connectivity index (χ2n) is 11.4. The van der Waals surface area contributed by atoms with Crippen LogP contribution in [0.5, 0.6) is 11.8 Å². The number of hydrogen-bond acceptors (Lipinski definition) is 9. The highest BCUT2D eigenvalue weighted by Crippen LogP contribution is 2.35. The normalized spacial score (nSPS) is 21.1. The SMILES string of the molecule is C=CC(=O)N1CCN(c2nc(OC[C@@H]3CCCN3C)nc3c2CN(Cc2c(CC)ccc(O)c2C)C3)C[C@@H]1CC#N. The summed E-state index contributed by atoms with van der Waals surface area (Å²) in [5, 5.41) is 19.9. The van der Waals surface area contributed by atoms with Crippen LogP contribution >= 0.6 is 0 Å². The van der Waals surface area contributed by atoms with Gasteiger partial charge in [-0.05, 0) is 68.6 Å². The van der Waals surface area contributed by atoms with E-state index in [1.54, 1.807) is 11.0 Å². The Balaban J connectivity index is 1.43. The smallest absolute Gasteiger partial charge is 0.318 e. The number of amides is 1. The molecule has 1 amide bonds. The molecule has 0 bridgehead atoms. The molecule has 2 saturated heterocycles. The summed E-state index contributed by atoms with van der Waals surface area (Å²) in [6, 6.07) is 6.52. The third-order valence-corrected chi connectivity index (χ3v) is 8.88. The lowest BCUT2D eigenvalue weighted by atomic mass is 9.98. The standard InChI is InChI=1S/C31H41N7O3/c1-5-22-9-10-28(39)21(3)25(22)17-36-18-26-27(19-36)33-31(41-20-24-8-7-13-35(24)4)34-30(26)37-14-15-38(29(40)6-2)23(16-37)11-12-32/h6,9-10,23-24,39H,2,5,7-8,11,13-20H2,1,3-4H3/t23-,24-/m0/s1. The van der Waals surface area contributed by atoms with Gasteiger partial charge in [0.2, 0.25) is 5.91 Å². The van der Waals surface area contributed by atoms with E-state index >= 15 is 0 Å². The number of rotatable bonds is 9. The van der Waals surface area contributed by atoms with Crippen LogP contribution in [0.4, 0.5) is 5.82 Å². The molecule has 0 radical (unpaired) electrons. The molecular weight excluding hydrogens is 518 g/mol. The Morgan fingerprint density at radius 1 is 1.24 bits per heavy atom. The number of carbonyl (C=O) groups excluding carboxylic acids is 1. The molecule has 2 fully saturated rings. The van der Waals surface area contributed by atoms with Gasteiger partial charge in [-0.15, -0.1) is 0 Å². The zero-order valence-corrected chi connectivity index (χ0v) is 24.5. The van der Waals surface area contributed by atoms with Gasteiger partial charge >= 0.3 is 6.01 Å². The van der Waals surface area contributed by atoms with Gasteiger partial charge in [0.15, 0.2) is 0 Å². The van der Waals surface area contributed by atoms with E-state index in [-0.39, 0.29) is 18.4 Å². The zero-order valence-electron chi connectivity index (χ0n) is 24.5. The number of benzene rings is 1. The fraction of sp³-hybridized carbons (Fsp3) is 0.548. The molecule has 1 aromatic carbocycles. The minimum absolute atomic E-state index is 0.151. The minimum atomic E-state index is -0.249. The molecule has 5 rings (SSSR count). The van der Waals surface area contributed by atoms with Gasteiger partial charge in [-0.1, -0.05) is 19.6 Å². The highest BCUT2D eigenvalue weighted by Gasteiger charge is 2.34. The Morgan fingerprint density at radius 2 is 2.07 bits per heavy atom. The summed E-state index contributed by atoms with van der Waals surface area (Å²) in [6.07, 6.45) is 4.71. The summed E-state index contributed by atoms with van der Waals surface area (Å²) in [6.45, 7) is 13.0. The van der Waals surface area contributed by atoms with Crippen molar-refractivity contribution in [3.8, 4) is 17.8 Å². The predicted octanol–water partition coefficient (Wildman–Crippen LogP) is 3.16. The van der Waals surface area contributed by atoms with Crippen LogP contribution in [0.1, 0.15) is 54.1 Å². The van der Waals surface area contributed by atoms with E-state index in [0.717, 1.165) is 54.0 Å². The number of aromatic hydroxyl groups is 1. The maximum Gasteiger partial charge on any atom is 0.318 e. The van der Waals surface area contributed by atoms with E-state index in [1.807, 2.05) is 13.0 Å². The molecule has 1 aromatic heterocycles. The van der Waals surface area contributed by atoms with Gasteiger partial charge in [0.05, 0.1) is 24.2 Å². The number of phenols is 1. The first kappa shape index (κ1) is 28.8. The third-order valence-electron chi connectivity index (χ3n) is 8.88. The summed E-state index contributed by atoms with van der Waals surface area (Å²) in [5.74, 6) is 0.989. The number of piperazine rings is 1. The van der Waals surface area contributed by atoms with E-state index in [4.69, 9.17) is 14.7 Å². The van der Waals surface area contributed by atoms with Crippen LogP contribution in [-0.4, -0.2) is 87.6 Å². The van der Waals surface area contributed by atoms with Crippen LogP contribution in [0.25, 0.3) is 0 Å². The molecule has 3 aliphatic rings. The first-order chi connectivity index (χ1) is 19.8. The van der Waals surface area contributed by atoms with Crippen molar-refractivity contribution in [2.24, 2.45) is 0 Å². The van der Waals surface area contributed by atoms with E-state index in [9.17, 15) is 15.2 Å². The molecule has 3 aliphatic heterocycles. The number of hydrogen-bond donors (Lipinski definition) is 1. The van der Waals surface area contributed by atoms with Gasteiger partial charge in [0, 0.05) is 50.9 Å². The van der Waals surface area contributed by atoms with E-state index in [1.165, 1.54) is 11.6 Å². The molecule has 0 unspecified atom stereocenters. The van der Waals surface area contributed by atoms with Gasteiger partial charge in [0.1, 0.15) is 18.2 Å². The summed E-state index contributed by atoms with van der Waals surface area (Å²) in [7, 11) is 2.13. The summed E-state index contributed by atoms with van der Waals surface area (Å²) in [5.41, 5.74) is 5.31. The Kier molecular flexibility index (Phi) is 8.76. The van der Waals surface area contributed by atoms with Crippen LogP contribution in [0.3, 0.4) is 0 Å². The lowest BCUT2D eigenvalue weighted by molar-refractivity contribution is -0.128. The minimum Gasteiger partial charge on any atom is -0.508 e. The average molecular weight is 560 g/mol. The van der Waals surface area contributed by atoms with Crippen molar-refractivity contribution < 1.29 is 14.6 Å². The Labute approximate surface area is 242 Å². The monoisotopic (exact) mass is 559 g/mol. The van der Waals surface area contributed by atoms with Crippen molar-refractivity contribution in [1.29, 1.82) is 5.26 Å². The number of aromatic nitrogens is 2. The second kappa shape index (κ2) is 12.5. The summed E-state index contributed by atoms with van der Waals surface area (Å²) in [4.78, 5) is 30.9. The predicted molar refractivity (Wildman–Crippen MR) is 156 cm³/mol. The molecule has 1 N–H and O–H groups in total. The fourth-order valence-corrected chi connectivity index (χ4v) is 6.39. The van der Waals surface area contributed by atoms with Gasteiger partial charge in [-0.25, -0.2) is 0 Å². The van der Waals surface area contributed by atoms with Crippen molar-refractivity contribution >= 4 is 11.7 Å². The quantitative estimate of drug-likeness (QED) is 0.464. The molecule has 0 spiro atoms. The summed E-state index contributed by atoms with van der Waals surface area (Å²) >= 11 is 0. The number of likely N-dealkylation sites (tertiary alicyclic amines) is 1. The lowest BCUT2D eigenvalue weighted by Crippen LogP contribution is -2.55. The maximum absolute atomic E-state index is 12.5. The van der Waals surface area contributed by atoms with Crippen LogP contribution in [0.15, 0.2) is 24.8 Å². The molecule has 218 valence electrons. The molecule has 2 aromatic rings. The Hall–Kier alpha value is -3.68. The van der Waals surface area contributed by atoms with Crippen molar-refractivity contribution in [2.75, 3.05) is 44.7 Å². The number of carbonyl (C=O) groups is 1. The Bertz CT molecular complexity index is 1340. The zero-order chi connectivity index (χ0) is 29.1. The number of phenolic OH excluding ortho intramolecular Hbond substituents is 1. The molecule has 10 heteroatoms. The van der Waals surface area contributed by atoms with Gasteiger partial charge in [0.25, 0.3) is 0 Å². The van der Waals surface area contributed by atoms with Gasteiger partial charge in [-0.3, -0.25) is 9.69 Å². The molecule has 41 heavy (non-hydrogen) atoms. The van der Waals surface area contributed by atoms with Crippen molar-refractivity contribution in [2.45, 2.75) is 71.2 Å². The van der Waals surface area contributed by atoms with Crippen LogP contribution in [-0.2, 0) is 30.8 Å². The maximum atomic E-state index is 12.5. The number of nitrogens with zero attached hydrogens (tertiary/aromatic N) is 7. The van der Waals surface area contributed by atoms with Crippen LogP contribution in [0.2, 0.25) is 0 Å². The van der Waals surface area contributed by atoms with Gasteiger partial charge < -0.3 is 24.5 Å². The summed E-state index contributed by atoms with van der Waals surface area (Å²) < 4.78 is 6.22. The van der Waals surface area contributed by atoms with Crippen LogP contribution in [0, 0.1) is 18.3 Å². The number of aryl methyl sites for hydroxylation is 1. The highest BCUT2D eigenvalue weighted by atomic mass is 16.5. The first-order valence-corrected chi connectivity index (χ1v) is 14.6. The number of fused-ring (bicyclic) bond motifs is 1. The second-order valence-corrected chi connectivity index (χ2v) is 11.4. The average Bonchev–Trinajstić information content (AvgIpc) is 3.58. The largest absolute Gasteiger partial charge is 0.508 e. The van der Waals surface area contributed by atoms with Crippen molar-refractivity contribution in [3.05, 3.63) is 52.7 Å². The lowest BCUT2D eigenvalue weighted by Gasteiger charge is -2.41. The van der Waals surface area contributed by atoms with Crippen molar-refractivity contribution in [3.63, 3.8) is 0 Å². The van der Waals surface area contributed by atoms with Crippen LogP contribution < -0.4 is 9.64 Å². The number of ether oxygens (including phenoxy) is 1. The Morgan fingerprint density at radius 3 is 2.78 bits per heavy atom. The van der Waals surface area contributed by atoms with Crippen molar-refractivity contribution in [1.82, 2.24) is 24.7 Å². The topological polar surface area (TPSA) is 109 Å². The number of anilines is 1. The number of nitriles is 1. The molecule has 0 saturated carbocycles. The van der Waals surface area contributed by atoms with Gasteiger partial charge in [-0.2, -0.15) is 15.2 Å².